The molecule has 0 saturated carbocycles. The number of fused-ring (bicyclic) bond motifs is 1. The molecule has 0 bridgehead atoms. The molecule has 1 aromatic heterocycles. The molecule has 1 atom stereocenters. The van der Waals surface area contributed by atoms with Gasteiger partial charge in [0, 0.05) is 6.54 Å². The molecule has 86 valence electrons. The highest BCUT2D eigenvalue weighted by molar-refractivity contribution is 5.76. The maximum atomic E-state index is 6.05. The predicted octanol–water partition coefficient (Wildman–Crippen LogP) is 1.68. The molecule has 4 heteroatoms. The summed E-state index contributed by atoms with van der Waals surface area (Å²) in [5, 5.41) is 0. The van der Waals surface area contributed by atoms with Crippen LogP contribution in [0, 0.1) is 5.92 Å². The Morgan fingerprint density at radius 2 is 2.12 bits per heavy atom. The number of imidazole rings is 1. The quantitative estimate of drug-likeness (QED) is 0.733. The van der Waals surface area contributed by atoms with E-state index in [0.29, 0.717) is 12.5 Å². The van der Waals surface area contributed by atoms with Gasteiger partial charge < -0.3 is 16.5 Å². The molecule has 16 heavy (non-hydrogen) atoms. The first kappa shape index (κ1) is 11.1. The second-order valence-corrected chi connectivity index (χ2v) is 4.45. The van der Waals surface area contributed by atoms with Gasteiger partial charge in [-0.3, -0.25) is 0 Å². The van der Waals surface area contributed by atoms with Gasteiger partial charge in [0.1, 0.15) is 5.82 Å². The number of hydrogen-bond donors (Lipinski definition) is 3. The molecule has 0 amide bonds. The van der Waals surface area contributed by atoms with Gasteiger partial charge in [0.15, 0.2) is 0 Å². The van der Waals surface area contributed by atoms with E-state index in [1.165, 1.54) is 0 Å². The lowest BCUT2D eigenvalue weighted by Gasteiger charge is -2.11. The van der Waals surface area contributed by atoms with Crippen molar-refractivity contribution in [3.05, 3.63) is 29.6 Å². The zero-order valence-corrected chi connectivity index (χ0v) is 9.70. The summed E-state index contributed by atoms with van der Waals surface area (Å²) >= 11 is 0. The van der Waals surface area contributed by atoms with Crippen molar-refractivity contribution >= 4 is 11.0 Å². The zero-order chi connectivity index (χ0) is 11.7. The number of benzene rings is 1. The number of rotatable bonds is 3. The Balaban J connectivity index is 2.43. The van der Waals surface area contributed by atoms with Crippen molar-refractivity contribution in [1.29, 1.82) is 0 Å². The smallest absolute Gasteiger partial charge is 0.124 e. The molecule has 1 aromatic carbocycles. The molecule has 0 radical (unpaired) electrons. The van der Waals surface area contributed by atoms with Crippen molar-refractivity contribution in [1.82, 2.24) is 9.97 Å². The summed E-state index contributed by atoms with van der Waals surface area (Å²) in [7, 11) is 0. The third-order valence-electron chi connectivity index (χ3n) is 2.83. The number of aromatic nitrogens is 2. The molecule has 4 nitrogen and oxygen atoms in total. The van der Waals surface area contributed by atoms with Gasteiger partial charge in [-0.15, -0.1) is 0 Å². The summed E-state index contributed by atoms with van der Waals surface area (Å²) < 4.78 is 0. The van der Waals surface area contributed by atoms with Crippen LogP contribution in [0.3, 0.4) is 0 Å². The first-order valence-corrected chi connectivity index (χ1v) is 5.56. The number of aromatic amines is 1. The van der Waals surface area contributed by atoms with Crippen molar-refractivity contribution in [2.24, 2.45) is 17.4 Å². The average Bonchev–Trinajstić information content (AvgIpc) is 2.69. The molecule has 1 unspecified atom stereocenters. The van der Waals surface area contributed by atoms with Crippen LogP contribution in [0.4, 0.5) is 0 Å². The van der Waals surface area contributed by atoms with Crippen LogP contribution in [0.1, 0.15) is 31.3 Å². The predicted molar refractivity (Wildman–Crippen MR) is 65.8 cm³/mol. The van der Waals surface area contributed by atoms with E-state index in [1.54, 1.807) is 0 Å². The molecule has 0 fully saturated rings. The minimum Gasteiger partial charge on any atom is -0.341 e. The van der Waals surface area contributed by atoms with Crippen molar-refractivity contribution in [2.75, 3.05) is 0 Å². The summed E-state index contributed by atoms with van der Waals surface area (Å²) in [5.74, 6) is 1.22. The van der Waals surface area contributed by atoms with Crippen molar-refractivity contribution in [2.45, 2.75) is 26.4 Å². The molecule has 0 saturated heterocycles. The fourth-order valence-electron chi connectivity index (χ4n) is 1.68. The van der Waals surface area contributed by atoms with Crippen LogP contribution in [0.5, 0.6) is 0 Å². The van der Waals surface area contributed by atoms with Crippen LogP contribution in [-0.4, -0.2) is 9.97 Å². The van der Waals surface area contributed by atoms with Gasteiger partial charge in [-0.05, 0) is 23.6 Å². The van der Waals surface area contributed by atoms with E-state index >= 15 is 0 Å². The Hall–Kier alpha value is -1.39. The van der Waals surface area contributed by atoms with Crippen LogP contribution in [0.15, 0.2) is 18.2 Å². The summed E-state index contributed by atoms with van der Waals surface area (Å²) in [5.41, 5.74) is 14.7. The lowest BCUT2D eigenvalue weighted by Crippen LogP contribution is -2.17. The second kappa shape index (κ2) is 4.23. The SMILES string of the molecule is CC(C)C(N)c1nc2ccc(CN)cc2[nH]1. The largest absolute Gasteiger partial charge is 0.341 e. The van der Waals surface area contributed by atoms with Crippen LogP contribution in [-0.2, 0) is 6.54 Å². The zero-order valence-electron chi connectivity index (χ0n) is 9.70. The van der Waals surface area contributed by atoms with Crippen LogP contribution in [0.2, 0.25) is 0 Å². The fraction of sp³-hybridized carbons (Fsp3) is 0.417. The van der Waals surface area contributed by atoms with Gasteiger partial charge in [-0.2, -0.15) is 0 Å². The first-order valence-electron chi connectivity index (χ1n) is 5.56. The maximum Gasteiger partial charge on any atom is 0.124 e. The average molecular weight is 218 g/mol. The minimum atomic E-state index is -0.0475. The monoisotopic (exact) mass is 218 g/mol. The van der Waals surface area contributed by atoms with Gasteiger partial charge in [0.2, 0.25) is 0 Å². The van der Waals surface area contributed by atoms with Crippen LogP contribution >= 0.6 is 0 Å². The summed E-state index contributed by atoms with van der Waals surface area (Å²) in [6, 6.07) is 5.95. The Kier molecular flexibility index (Phi) is 2.94. The van der Waals surface area contributed by atoms with Gasteiger partial charge in [-0.25, -0.2) is 4.98 Å². The van der Waals surface area contributed by atoms with Crippen molar-refractivity contribution in [3.63, 3.8) is 0 Å². The Morgan fingerprint density at radius 3 is 2.75 bits per heavy atom. The molecule has 2 aromatic rings. The van der Waals surface area contributed by atoms with Crippen molar-refractivity contribution < 1.29 is 0 Å². The van der Waals surface area contributed by atoms with E-state index in [4.69, 9.17) is 11.5 Å². The number of nitrogens with one attached hydrogen (secondary N) is 1. The minimum absolute atomic E-state index is 0.0475. The molecule has 0 aliphatic rings. The van der Waals surface area contributed by atoms with E-state index in [2.05, 4.69) is 23.8 Å². The molecule has 0 aliphatic heterocycles. The molecule has 2 rings (SSSR count). The summed E-state index contributed by atoms with van der Waals surface area (Å²) in [4.78, 5) is 7.75. The summed E-state index contributed by atoms with van der Waals surface area (Å²) in [6.07, 6.45) is 0. The highest BCUT2D eigenvalue weighted by atomic mass is 15.0. The van der Waals surface area contributed by atoms with E-state index in [-0.39, 0.29) is 6.04 Å². The van der Waals surface area contributed by atoms with Gasteiger partial charge >= 0.3 is 0 Å². The Labute approximate surface area is 95.0 Å². The second-order valence-electron chi connectivity index (χ2n) is 4.45. The molecule has 0 spiro atoms. The van der Waals surface area contributed by atoms with E-state index in [1.807, 2.05) is 18.2 Å². The molecular formula is C12H18N4. The number of nitrogens with zero attached hydrogens (tertiary/aromatic N) is 1. The third kappa shape index (κ3) is 1.94. The maximum absolute atomic E-state index is 6.05. The highest BCUT2D eigenvalue weighted by Crippen LogP contribution is 2.20. The van der Waals surface area contributed by atoms with Gasteiger partial charge in [-0.1, -0.05) is 19.9 Å². The standard InChI is InChI=1S/C12H18N4/c1-7(2)11(14)12-15-9-4-3-8(6-13)5-10(9)16-12/h3-5,7,11H,6,13-14H2,1-2H3,(H,15,16). The third-order valence-corrected chi connectivity index (χ3v) is 2.83. The van der Waals surface area contributed by atoms with Crippen molar-refractivity contribution in [3.8, 4) is 0 Å². The van der Waals surface area contributed by atoms with Gasteiger partial charge in [0.05, 0.1) is 17.1 Å². The lowest BCUT2D eigenvalue weighted by molar-refractivity contribution is 0.495. The summed E-state index contributed by atoms with van der Waals surface area (Å²) in [6.45, 7) is 4.72. The molecular weight excluding hydrogens is 200 g/mol. The normalized spacial score (nSPS) is 13.6. The van der Waals surface area contributed by atoms with E-state index in [9.17, 15) is 0 Å². The molecule has 0 aliphatic carbocycles. The Morgan fingerprint density at radius 1 is 1.38 bits per heavy atom. The van der Waals surface area contributed by atoms with Gasteiger partial charge in [0.25, 0.3) is 0 Å². The molecule has 1 heterocycles. The van der Waals surface area contributed by atoms with E-state index in [0.717, 1.165) is 22.4 Å². The Bertz CT molecular complexity index is 487. The highest BCUT2D eigenvalue weighted by Gasteiger charge is 2.14. The topological polar surface area (TPSA) is 80.7 Å². The van der Waals surface area contributed by atoms with Crippen LogP contribution in [0.25, 0.3) is 11.0 Å². The fourth-order valence-corrected chi connectivity index (χ4v) is 1.68. The number of H-pyrrole nitrogens is 1. The number of hydrogen-bond acceptors (Lipinski definition) is 3. The number of nitrogens with two attached hydrogens (primary N) is 2. The first-order chi connectivity index (χ1) is 7.61. The lowest BCUT2D eigenvalue weighted by atomic mass is 10.1. The van der Waals surface area contributed by atoms with Crippen LogP contribution < -0.4 is 11.5 Å². The van der Waals surface area contributed by atoms with E-state index < -0.39 is 0 Å². The molecule has 5 N–H and O–H groups in total.